The molecule has 0 aromatic carbocycles. The molecule has 9 nitrogen and oxygen atoms in total. The summed E-state index contributed by atoms with van der Waals surface area (Å²) in [6.45, 7) is 5.99. The number of aliphatic hydroxyl groups is 1. The summed E-state index contributed by atoms with van der Waals surface area (Å²) in [4.78, 5) is 10.5. The van der Waals surface area contributed by atoms with Crippen LogP contribution >= 0.6 is 0 Å². The van der Waals surface area contributed by atoms with Crippen LogP contribution in [-0.4, -0.2) is 59.8 Å². The van der Waals surface area contributed by atoms with Gasteiger partial charge in [0.1, 0.15) is 12.2 Å². The number of aromatic nitrogens is 5. The van der Waals surface area contributed by atoms with E-state index in [9.17, 15) is 0 Å². The lowest BCUT2D eigenvalue weighted by molar-refractivity contribution is -0.122. The first-order valence-electron chi connectivity index (χ1n) is 7.17. The Bertz CT molecular complexity index is 622. The van der Waals surface area contributed by atoms with Crippen molar-refractivity contribution in [3.05, 3.63) is 29.1 Å². The quantitative estimate of drug-likeness (QED) is 0.717. The van der Waals surface area contributed by atoms with E-state index in [1.54, 1.807) is 6.33 Å². The van der Waals surface area contributed by atoms with E-state index in [1.807, 2.05) is 30.1 Å². The number of carboxylic acid groups (broad SMARTS) is 1. The maximum absolute atomic E-state index is 9.04. The molecular weight excluding hydrogens is 300 g/mol. The fraction of sp³-hybridized carbons (Fsp3) is 0.571. The predicted octanol–water partition coefficient (Wildman–Crippen LogP) is -0.0465. The van der Waals surface area contributed by atoms with Gasteiger partial charge in [-0.3, -0.25) is 14.4 Å². The number of hydrogen-bond acceptors (Lipinski definition) is 6. The third-order valence-corrected chi connectivity index (χ3v) is 3.49. The van der Waals surface area contributed by atoms with Crippen molar-refractivity contribution in [1.29, 1.82) is 0 Å². The molecular formula is C14H24N6O3. The Balaban J connectivity index is 0.000000816. The lowest BCUT2D eigenvalue weighted by atomic mass is 10.2. The molecule has 0 saturated carbocycles. The van der Waals surface area contributed by atoms with Gasteiger partial charge in [-0.05, 0) is 20.9 Å². The second-order valence-corrected chi connectivity index (χ2v) is 5.23. The molecule has 0 radical (unpaired) electrons. The second-order valence-electron chi connectivity index (χ2n) is 5.23. The molecule has 2 N–H and O–H groups in total. The number of hydrogen-bond donors (Lipinski definition) is 2. The zero-order chi connectivity index (χ0) is 17.4. The Labute approximate surface area is 135 Å². The van der Waals surface area contributed by atoms with Gasteiger partial charge in [0.25, 0.3) is 6.47 Å². The Morgan fingerprint density at radius 1 is 1.35 bits per heavy atom. The fourth-order valence-corrected chi connectivity index (χ4v) is 2.29. The van der Waals surface area contributed by atoms with Gasteiger partial charge < -0.3 is 14.8 Å². The topological polar surface area (TPSA) is 109 Å². The Morgan fingerprint density at radius 2 is 2.00 bits per heavy atom. The number of carbonyl (C=O) groups is 1. The van der Waals surface area contributed by atoms with Crippen molar-refractivity contribution in [3.63, 3.8) is 0 Å². The minimum Gasteiger partial charge on any atom is -0.483 e. The van der Waals surface area contributed by atoms with Crippen LogP contribution in [0.15, 0.2) is 6.33 Å². The molecule has 0 atom stereocenters. The molecule has 0 aliphatic heterocycles. The van der Waals surface area contributed by atoms with Crippen molar-refractivity contribution in [3.8, 4) is 0 Å². The monoisotopic (exact) mass is 324 g/mol. The normalized spacial score (nSPS) is 10.5. The van der Waals surface area contributed by atoms with Gasteiger partial charge >= 0.3 is 0 Å². The van der Waals surface area contributed by atoms with Crippen molar-refractivity contribution in [1.82, 2.24) is 29.4 Å². The summed E-state index contributed by atoms with van der Waals surface area (Å²) in [5.41, 5.74) is 3.34. The van der Waals surface area contributed by atoms with Crippen LogP contribution in [0.4, 0.5) is 0 Å². The minimum absolute atomic E-state index is 0.107. The van der Waals surface area contributed by atoms with E-state index in [-0.39, 0.29) is 13.1 Å². The molecule has 23 heavy (non-hydrogen) atoms. The molecule has 0 unspecified atom stereocenters. The molecule has 128 valence electrons. The van der Waals surface area contributed by atoms with Gasteiger partial charge in [0.05, 0.1) is 25.4 Å². The van der Waals surface area contributed by atoms with Gasteiger partial charge in [-0.15, -0.1) is 10.2 Å². The number of aryl methyl sites for hydroxylation is 2. The van der Waals surface area contributed by atoms with Crippen LogP contribution in [0.1, 0.15) is 22.8 Å². The molecule has 2 aromatic heterocycles. The van der Waals surface area contributed by atoms with Crippen molar-refractivity contribution in [2.24, 2.45) is 7.05 Å². The Morgan fingerprint density at radius 3 is 2.52 bits per heavy atom. The van der Waals surface area contributed by atoms with E-state index in [2.05, 4.69) is 27.2 Å². The van der Waals surface area contributed by atoms with Gasteiger partial charge in [-0.2, -0.15) is 5.10 Å². The molecule has 9 heteroatoms. The number of aliphatic hydroxyl groups excluding tert-OH is 1. The van der Waals surface area contributed by atoms with Crippen molar-refractivity contribution in [2.75, 3.05) is 13.7 Å². The smallest absolute Gasteiger partial charge is 0.290 e. The predicted molar refractivity (Wildman–Crippen MR) is 83.7 cm³/mol. The average molecular weight is 324 g/mol. The fourth-order valence-electron chi connectivity index (χ4n) is 2.29. The van der Waals surface area contributed by atoms with Crippen LogP contribution in [0.3, 0.4) is 0 Å². The Hall–Kier alpha value is -2.26. The highest BCUT2D eigenvalue weighted by Crippen LogP contribution is 2.15. The Kier molecular flexibility index (Phi) is 7.36. The molecule has 0 fully saturated rings. The van der Waals surface area contributed by atoms with Gasteiger partial charge in [0, 0.05) is 24.8 Å². The third-order valence-electron chi connectivity index (χ3n) is 3.49. The molecule has 0 spiro atoms. The summed E-state index contributed by atoms with van der Waals surface area (Å²) in [6, 6.07) is 0. The SMILES string of the molecule is Cc1nn(CCO)c(C)c1CN(C)Cc1nncn1C.O=CO. The molecule has 0 aliphatic rings. The zero-order valence-corrected chi connectivity index (χ0v) is 14.0. The highest BCUT2D eigenvalue weighted by Gasteiger charge is 2.14. The first kappa shape index (κ1) is 18.8. The first-order valence-corrected chi connectivity index (χ1v) is 7.17. The van der Waals surface area contributed by atoms with Gasteiger partial charge in [0.15, 0.2) is 0 Å². The molecule has 0 aliphatic carbocycles. The van der Waals surface area contributed by atoms with Gasteiger partial charge in [0.2, 0.25) is 0 Å². The molecule has 2 rings (SSSR count). The van der Waals surface area contributed by atoms with Crippen LogP contribution in [0.5, 0.6) is 0 Å². The lowest BCUT2D eigenvalue weighted by Gasteiger charge is -2.16. The van der Waals surface area contributed by atoms with Crippen LogP contribution in [0.2, 0.25) is 0 Å². The average Bonchev–Trinajstić information content (AvgIpc) is 2.99. The minimum atomic E-state index is -0.250. The summed E-state index contributed by atoms with van der Waals surface area (Å²) in [6.07, 6.45) is 1.71. The molecule has 0 bridgehead atoms. The van der Waals surface area contributed by atoms with Gasteiger partial charge in [-0.1, -0.05) is 0 Å². The van der Waals surface area contributed by atoms with E-state index in [0.29, 0.717) is 6.54 Å². The molecule has 2 heterocycles. The van der Waals surface area contributed by atoms with E-state index in [4.69, 9.17) is 15.0 Å². The lowest BCUT2D eigenvalue weighted by Crippen LogP contribution is -2.20. The van der Waals surface area contributed by atoms with Crippen molar-refractivity contribution in [2.45, 2.75) is 33.5 Å². The third kappa shape index (κ3) is 5.15. The summed E-state index contributed by atoms with van der Waals surface area (Å²) < 4.78 is 3.78. The first-order chi connectivity index (χ1) is 10.9. The zero-order valence-electron chi connectivity index (χ0n) is 14.0. The van der Waals surface area contributed by atoms with Crippen molar-refractivity contribution < 1.29 is 15.0 Å². The molecule has 0 amide bonds. The number of nitrogens with zero attached hydrogens (tertiary/aromatic N) is 6. The summed E-state index contributed by atoms with van der Waals surface area (Å²) >= 11 is 0. The van der Waals surface area contributed by atoms with Gasteiger partial charge in [-0.25, -0.2) is 0 Å². The van der Waals surface area contributed by atoms with Crippen LogP contribution in [0.25, 0.3) is 0 Å². The maximum atomic E-state index is 9.04. The standard InChI is InChI=1S/C13H22N6O.CH2O2/c1-10-12(11(2)19(16-10)5-6-20)7-17(3)8-13-15-14-9-18(13)4;2-1-3/h9,20H,5-8H2,1-4H3;1H,(H,2,3). The van der Waals surface area contributed by atoms with Crippen LogP contribution < -0.4 is 0 Å². The van der Waals surface area contributed by atoms with E-state index < -0.39 is 0 Å². The summed E-state index contributed by atoms with van der Waals surface area (Å²) in [5, 5.41) is 28.4. The largest absolute Gasteiger partial charge is 0.483 e. The molecule has 0 saturated heterocycles. The van der Waals surface area contributed by atoms with E-state index in [0.717, 1.165) is 30.3 Å². The van der Waals surface area contributed by atoms with Crippen LogP contribution in [-0.2, 0) is 31.5 Å². The summed E-state index contributed by atoms with van der Waals surface area (Å²) in [7, 11) is 4.00. The molecule has 2 aromatic rings. The maximum Gasteiger partial charge on any atom is 0.290 e. The second kappa shape index (κ2) is 9.01. The summed E-state index contributed by atoms with van der Waals surface area (Å²) in [5.74, 6) is 0.936. The highest BCUT2D eigenvalue weighted by molar-refractivity contribution is 5.32. The van der Waals surface area contributed by atoms with E-state index >= 15 is 0 Å². The van der Waals surface area contributed by atoms with E-state index in [1.165, 1.54) is 5.56 Å². The van der Waals surface area contributed by atoms with Crippen molar-refractivity contribution >= 4 is 6.47 Å². The highest BCUT2D eigenvalue weighted by atomic mass is 16.3. The van der Waals surface area contributed by atoms with Crippen LogP contribution in [0, 0.1) is 13.8 Å². The number of rotatable bonds is 6.